The molecule has 0 aromatic heterocycles. The highest BCUT2D eigenvalue weighted by atomic mass is 16.7. The maximum absolute atomic E-state index is 5.75. The van der Waals surface area contributed by atoms with Crippen molar-refractivity contribution in [1.29, 1.82) is 0 Å². The smallest absolute Gasteiger partial charge is 0.157 e. The normalized spacial score (nSPS) is 35.7. The average Bonchev–Trinajstić information content (AvgIpc) is 3.27. The molecule has 0 radical (unpaired) electrons. The second kappa shape index (κ2) is 6.38. The molecule has 2 nitrogen and oxygen atoms in total. The van der Waals surface area contributed by atoms with Crippen molar-refractivity contribution in [3.63, 3.8) is 0 Å². The fraction of sp³-hybridized carbons (Fsp3) is 1.00. The van der Waals surface area contributed by atoms with Crippen LogP contribution in [-0.4, -0.2) is 19.5 Å². The zero-order chi connectivity index (χ0) is 12.2. The third kappa shape index (κ3) is 3.96. The summed E-state index contributed by atoms with van der Waals surface area (Å²) in [4.78, 5) is 0. The number of hydrogen-bond acceptors (Lipinski definition) is 2. The van der Waals surface area contributed by atoms with Crippen molar-refractivity contribution in [2.75, 3.05) is 13.2 Å². The molecule has 1 heterocycles. The zero-order valence-corrected chi connectivity index (χ0v) is 11.6. The summed E-state index contributed by atoms with van der Waals surface area (Å²) in [7, 11) is 0. The predicted octanol–water partition coefficient (Wildman–Crippen LogP) is 4.14. The number of ether oxygens (including phenoxy) is 2. The molecule has 0 N–H and O–H groups in total. The summed E-state index contributed by atoms with van der Waals surface area (Å²) >= 11 is 0. The van der Waals surface area contributed by atoms with E-state index in [-0.39, 0.29) is 6.29 Å². The molecule has 3 unspecified atom stereocenters. The van der Waals surface area contributed by atoms with Crippen molar-refractivity contribution in [2.45, 2.75) is 70.5 Å². The summed E-state index contributed by atoms with van der Waals surface area (Å²) < 4.78 is 11.3. The molecule has 3 atom stereocenters. The van der Waals surface area contributed by atoms with Gasteiger partial charge in [0.25, 0.3) is 0 Å². The third-order valence-corrected chi connectivity index (χ3v) is 4.87. The maximum Gasteiger partial charge on any atom is 0.157 e. The van der Waals surface area contributed by atoms with E-state index in [2.05, 4.69) is 0 Å². The second-order valence-electron chi connectivity index (χ2n) is 6.51. The van der Waals surface area contributed by atoms with Crippen LogP contribution < -0.4 is 0 Å². The van der Waals surface area contributed by atoms with Gasteiger partial charge in [0.15, 0.2) is 6.29 Å². The fourth-order valence-electron chi connectivity index (χ4n) is 3.45. The quantitative estimate of drug-likeness (QED) is 0.605. The molecule has 2 saturated carbocycles. The molecule has 104 valence electrons. The van der Waals surface area contributed by atoms with Crippen LogP contribution in [0, 0.1) is 17.8 Å². The second-order valence-corrected chi connectivity index (χ2v) is 6.51. The van der Waals surface area contributed by atoms with Gasteiger partial charge in [0.1, 0.15) is 0 Å². The van der Waals surface area contributed by atoms with Crippen LogP contribution in [0.1, 0.15) is 64.2 Å². The summed E-state index contributed by atoms with van der Waals surface area (Å²) in [6.07, 6.45) is 13.8. The van der Waals surface area contributed by atoms with E-state index in [4.69, 9.17) is 9.47 Å². The molecule has 3 aliphatic rings. The number of hydrogen-bond donors (Lipinski definition) is 0. The standard InChI is InChI=1S/C16H28O2/c1(2-6-14-12-15(14)13-8-9-13)4-10-17-16-7-3-5-11-18-16/h13-16H,1-12H2. The molecule has 2 aliphatic carbocycles. The van der Waals surface area contributed by atoms with E-state index >= 15 is 0 Å². The highest BCUT2D eigenvalue weighted by Gasteiger charge is 2.46. The van der Waals surface area contributed by atoms with Crippen molar-refractivity contribution in [1.82, 2.24) is 0 Å². The first kappa shape index (κ1) is 12.9. The van der Waals surface area contributed by atoms with E-state index in [0.29, 0.717) is 0 Å². The zero-order valence-electron chi connectivity index (χ0n) is 11.6. The molecule has 2 heteroatoms. The molecule has 3 rings (SSSR count). The van der Waals surface area contributed by atoms with Crippen LogP contribution in [0.15, 0.2) is 0 Å². The van der Waals surface area contributed by atoms with Gasteiger partial charge in [0.05, 0.1) is 0 Å². The molecule has 0 bridgehead atoms. The van der Waals surface area contributed by atoms with Crippen LogP contribution in [0.2, 0.25) is 0 Å². The monoisotopic (exact) mass is 252 g/mol. The highest BCUT2D eigenvalue weighted by molar-refractivity contribution is 4.96. The molecular weight excluding hydrogens is 224 g/mol. The largest absolute Gasteiger partial charge is 0.353 e. The molecule has 1 saturated heterocycles. The van der Waals surface area contributed by atoms with E-state index < -0.39 is 0 Å². The Morgan fingerprint density at radius 1 is 1.00 bits per heavy atom. The van der Waals surface area contributed by atoms with Crippen molar-refractivity contribution in [3.05, 3.63) is 0 Å². The summed E-state index contributed by atoms with van der Waals surface area (Å²) in [6, 6.07) is 0. The summed E-state index contributed by atoms with van der Waals surface area (Å²) in [6.45, 7) is 1.80. The Kier molecular flexibility index (Phi) is 4.58. The van der Waals surface area contributed by atoms with Gasteiger partial charge in [-0.15, -0.1) is 0 Å². The minimum atomic E-state index is 0.112. The summed E-state index contributed by atoms with van der Waals surface area (Å²) in [5, 5.41) is 0. The minimum Gasteiger partial charge on any atom is -0.353 e. The van der Waals surface area contributed by atoms with Crippen molar-refractivity contribution < 1.29 is 9.47 Å². The van der Waals surface area contributed by atoms with Crippen molar-refractivity contribution in [2.24, 2.45) is 17.8 Å². The Hall–Kier alpha value is -0.0800. The molecule has 18 heavy (non-hydrogen) atoms. The van der Waals surface area contributed by atoms with Gasteiger partial charge in [-0.2, -0.15) is 0 Å². The maximum atomic E-state index is 5.75. The van der Waals surface area contributed by atoms with Gasteiger partial charge in [-0.1, -0.05) is 19.3 Å². The molecular formula is C16H28O2. The first-order valence-electron chi connectivity index (χ1n) is 8.16. The van der Waals surface area contributed by atoms with Crippen molar-refractivity contribution >= 4 is 0 Å². The lowest BCUT2D eigenvalue weighted by molar-refractivity contribution is -0.162. The average molecular weight is 252 g/mol. The SMILES string of the molecule is C(CCOC1CCCCO1)CCC1CC1C1CC1. The van der Waals surface area contributed by atoms with E-state index in [1.165, 1.54) is 51.4 Å². The molecule has 3 fully saturated rings. The van der Waals surface area contributed by atoms with Crippen LogP contribution in [-0.2, 0) is 9.47 Å². The van der Waals surface area contributed by atoms with Crippen LogP contribution in [0.25, 0.3) is 0 Å². The predicted molar refractivity (Wildman–Crippen MR) is 72.3 cm³/mol. The van der Waals surface area contributed by atoms with Crippen LogP contribution >= 0.6 is 0 Å². The minimum absolute atomic E-state index is 0.112. The molecule has 0 aromatic carbocycles. The first-order valence-corrected chi connectivity index (χ1v) is 8.16. The van der Waals surface area contributed by atoms with Gasteiger partial charge in [0.2, 0.25) is 0 Å². The topological polar surface area (TPSA) is 18.5 Å². The van der Waals surface area contributed by atoms with Gasteiger partial charge in [-0.25, -0.2) is 0 Å². The van der Waals surface area contributed by atoms with Crippen LogP contribution in [0.3, 0.4) is 0 Å². The van der Waals surface area contributed by atoms with Crippen LogP contribution in [0.4, 0.5) is 0 Å². The van der Waals surface area contributed by atoms with Crippen molar-refractivity contribution in [3.8, 4) is 0 Å². The Bertz CT molecular complexity index is 243. The number of unbranched alkanes of at least 4 members (excludes halogenated alkanes) is 2. The van der Waals surface area contributed by atoms with E-state index in [0.717, 1.165) is 37.4 Å². The third-order valence-electron chi connectivity index (χ3n) is 4.87. The van der Waals surface area contributed by atoms with Gasteiger partial charge in [-0.05, 0) is 62.7 Å². The van der Waals surface area contributed by atoms with Crippen LogP contribution in [0.5, 0.6) is 0 Å². The first-order chi connectivity index (χ1) is 8.93. The lowest BCUT2D eigenvalue weighted by atomic mass is 10.1. The Labute approximate surface area is 111 Å². The Balaban J connectivity index is 1.13. The summed E-state index contributed by atoms with van der Waals surface area (Å²) in [5.74, 6) is 3.42. The molecule has 0 spiro atoms. The number of rotatable bonds is 8. The van der Waals surface area contributed by atoms with Gasteiger partial charge in [0, 0.05) is 13.2 Å². The van der Waals surface area contributed by atoms with E-state index in [1.54, 1.807) is 6.42 Å². The fourth-order valence-corrected chi connectivity index (χ4v) is 3.45. The molecule has 1 aliphatic heterocycles. The van der Waals surface area contributed by atoms with Gasteiger partial charge < -0.3 is 9.47 Å². The Morgan fingerprint density at radius 2 is 1.94 bits per heavy atom. The Morgan fingerprint density at radius 3 is 2.72 bits per heavy atom. The van der Waals surface area contributed by atoms with Gasteiger partial charge in [-0.3, -0.25) is 0 Å². The summed E-state index contributed by atoms with van der Waals surface area (Å²) in [5.41, 5.74) is 0. The highest BCUT2D eigenvalue weighted by Crippen LogP contribution is 2.56. The molecule has 0 aromatic rings. The van der Waals surface area contributed by atoms with E-state index in [1.807, 2.05) is 0 Å². The van der Waals surface area contributed by atoms with E-state index in [9.17, 15) is 0 Å². The lowest BCUT2D eigenvalue weighted by Crippen LogP contribution is -2.22. The van der Waals surface area contributed by atoms with Gasteiger partial charge >= 0.3 is 0 Å². The molecule has 0 amide bonds. The lowest BCUT2D eigenvalue weighted by Gasteiger charge is -2.22.